The van der Waals surface area contributed by atoms with E-state index in [1.807, 2.05) is 23.1 Å². The summed E-state index contributed by atoms with van der Waals surface area (Å²) in [6.45, 7) is 9.36. The van der Waals surface area contributed by atoms with Gasteiger partial charge in [0.1, 0.15) is 5.75 Å². The summed E-state index contributed by atoms with van der Waals surface area (Å²) in [6, 6.07) is 7.46. The number of amides is 2. The second-order valence-electron chi connectivity index (χ2n) is 7.99. The van der Waals surface area contributed by atoms with Gasteiger partial charge in [-0.05, 0) is 59.1 Å². The maximum atomic E-state index is 12.7. The summed E-state index contributed by atoms with van der Waals surface area (Å²) in [4.78, 5) is 14.7. The van der Waals surface area contributed by atoms with Crippen molar-refractivity contribution in [3.8, 4) is 5.75 Å². The van der Waals surface area contributed by atoms with Gasteiger partial charge in [0.05, 0.1) is 11.6 Å². The first kappa shape index (κ1) is 19.9. The third-order valence-electron chi connectivity index (χ3n) is 4.63. The number of carbonyl (C=O) groups excluding carboxylic acids is 1. The Morgan fingerprint density at radius 3 is 2.48 bits per heavy atom. The molecule has 5 nitrogen and oxygen atoms in total. The van der Waals surface area contributed by atoms with Crippen molar-refractivity contribution in [2.45, 2.75) is 64.1 Å². The average Bonchev–Trinajstić information content (AvgIpc) is 2.45. The van der Waals surface area contributed by atoms with E-state index < -0.39 is 0 Å². The van der Waals surface area contributed by atoms with E-state index in [1.54, 1.807) is 6.07 Å². The van der Waals surface area contributed by atoms with Crippen molar-refractivity contribution in [1.29, 1.82) is 0 Å². The Labute approximate surface area is 155 Å². The lowest BCUT2D eigenvalue weighted by atomic mass is 9.77. The van der Waals surface area contributed by atoms with Crippen LogP contribution in [0.25, 0.3) is 0 Å². The number of halogens is 1. The number of urea groups is 1. The van der Waals surface area contributed by atoms with Gasteiger partial charge in [-0.3, -0.25) is 0 Å². The molecule has 6 heteroatoms. The molecule has 2 amide bonds. The second-order valence-corrected chi connectivity index (χ2v) is 8.40. The van der Waals surface area contributed by atoms with Crippen molar-refractivity contribution in [1.82, 2.24) is 10.2 Å². The fourth-order valence-electron chi connectivity index (χ4n) is 4.00. The van der Waals surface area contributed by atoms with Crippen LogP contribution in [0.1, 0.15) is 47.0 Å². The Kier molecular flexibility index (Phi) is 6.22. The Hall–Kier alpha value is -1.46. The molecule has 3 N–H and O–H groups in total. The molecule has 0 aromatic heterocycles. The molecule has 1 aromatic carbocycles. The third kappa shape index (κ3) is 5.02. The highest BCUT2D eigenvalue weighted by atomic mass is 35.5. The van der Waals surface area contributed by atoms with E-state index in [4.69, 9.17) is 22.1 Å². The van der Waals surface area contributed by atoms with Crippen molar-refractivity contribution in [3.63, 3.8) is 0 Å². The largest absolute Gasteiger partial charge is 0.492 e. The van der Waals surface area contributed by atoms with E-state index in [0.717, 1.165) is 12.8 Å². The molecule has 1 aliphatic rings. The lowest BCUT2D eigenvalue weighted by molar-refractivity contribution is 0.00313. The number of carbonyl (C=O) groups is 1. The minimum absolute atomic E-state index is 0.0420. The number of likely N-dealkylation sites (tertiary alicyclic amines) is 1. The highest BCUT2D eigenvalue weighted by molar-refractivity contribution is 6.32. The average molecular weight is 368 g/mol. The normalized spacial score (nSPS) is 19.5. The summed E-state index contributed by atoms with van der Waals surface area (Å²) in [7, 11) is 0. The Bertz CT molecular complexity index is 586. The summed E-state index contributed by atoms with van der Waals surface area (Å²) >= 11 is 6.05. The number of nitrogens with two attached hydrogens (primary N) is 1. The maximum absolute atomic E-state index is 12.7. The van der Waals surface area contributed by atoms with Crippen molar-refractivity contribution >= 4 is 17.6 Å². The molecule has 1 heterocycles. The van der Waals surface area contributed by atoms with Gasteiger partial charge < -0.3 is 20.7 Å². The molecule has 0 saturated carbocycles. The van der Waals surface area contributed by atoms with Gasteiger partial charge in [0, 0.05) is 23.7 Å². The lowest BCUT2D eigenvalue weighted by Crippen LogP contribution is -2.67. The number of rotatable bonds is 5. The van der Waals surface area contributed by atoms with Crippen LogP contribution in [0, 0.1) is 0 Å². The molecule has 0 aliphatic carbocycles. The van der Waals surface area contributed by atoms with Crippen LogP contribution in [0.5, 0.6) is 5.75 Å². The van der Waals surface area contributed by atoms with E-state index in [0.29, 0.717) is 30.3 Å². The molecule has 0 bridgehead atoms. The van der Waals surface area contributed by atoms with Crippen LogP contribution in [0.4, 0.5) is 4.79 Å². The van der Waals surface area contributed by atoms with Gasteiger partial charge in [-0.15, -0.1) is 0 Å². The van der Waals surface area contributed by atoms with Gasteiger partial charge in [-0.1, -0.05) is 23.7 Å². The zero-order chi connectivity index (χ0) is 18.7. The van der Waals surface area contributed by atoms with Gasteiger partial charge >= 0.3 is 6.03 Å². The predicted molar refractivity (Wildman–Crippen MR) is 102 cm³/mol. The van der Waals surface area contributed by atoms with Crippen LogP contribution < -0.4 is 15.8 Å². The Morgan fingerprint density at radius 1 is 1.28 bits per heavy atom. The van der Waals surface area contributed by atoms with Gasteiger partial charge in [0.2, 0.25) is 0 Å². The van der Waals surface area contributed by atoms with Crippen LogP contribution in [0.3, 0.4) is 0 Å². The first-order valence-corrected chi connectivity index (χ1v) is 9.22. The molecule has 25 heavy (non-hydrogen) atoms. The molecule has 0 spiro atoms. The second kappa shape index (κ2) is 7.83. The SMILES string of the molecule is CC1(C)CC(N)CC(C)(C)N1C(=O)NCCCOc1ccccc1Cl. The molecule has 1 saturated heterocycles. The minimum atomic E-state index is -0.265. The highest BCUT2D eigenvalue weighted by Gasteiger charge is 2.46. The lowest BCUT2D eigenvalue weighted by Gasteiger charge is -2.54. The predicted octanol–water partition coefficient (Wildman–Crippen LogP) is 3.80. The summed E-state index contributed by atoms with van der Waals surface area (Å²) in [6.07, 6.45) is 2.32. The number of nitrogens with one attached hydrogen (secondary N) is 1. The van der Waals surface area contributed by atoms with Crippen molar-refractivity contribution in [2.24, 2.45) is 5.73 Å². The zero-order valence-corrected chi connectivity index (χ0v) is 16.4. The number of ether oxygens (including phenoxy) is 1. The van der Waals surface area contributed by atoms with Crippen LogP contribution in [0.2, 0.25) is 5.02 Å². The molecule has 2 rings (SSSR count). The monoisotopic (exact) mass is 367 g/mol. The number of para-hydroxylation sites is 1. The maximum Gasteiger partial charge on any atom is 0.318 e. The van der Waals surface area contributed by atoms with E-state index in [1.165, 1.54) is 0 Å². The smallest absolute Gasteiger partial charge is 0.318 e. The molecule has 1 fully saturated rings. The molecule has 140 valence electrons. The Balaban J connectivity index is 1.82. The summed E-state index contributed by atoms with van der Waals surface area (Å²) < 4.78 is 5.65. The zero-order valence-electron chi connectivity index (χ0n) is 15.6. The van der Waals surface area contributed by atoms with Crippen LogP contribution in [-0.2, 0) is 0 Å². The molecule has 1 aliphatic heterocycles. The quantitative estimate of drug-likeness (QED) is 0.778. The van der Waals surface area contributed by atoms with Gasteiger partial charge in [0.15, 0.2) is 0 Å². The number of benzene rings is 1. The summed E-state index contributed by atoms with van der Waals surface area (Å²) in [5, 5.41) is 3.61. The highest BCUT2D eigenvalue weighted by Crippen LogP contribution is 2.37. The van der Waals surface area contributed by atoms with Crippen LogP contribution in [0.15, 0.2) is 24.3 Å². The number of piperidine rings is 1. The summed E-state index contributed by atoms with van der Waals surface area (Å²) in [5.41, 5.74) is 5.64. The van der Waals surface area contributed by atoms with Crippen LogP contribution >= 0.6 is 11.6 Å². The molecular formula is C19H30ClN3O2. The topological polar surface area (TPSA) is 67.6 Å². The van der Waals surface area contributed by atoms with E-state index in [2.05, 4.69) is 33.0 Å². The summed E-state index contributed by atoms with van der Waals surface area (Å²) in [5.74, 6) is 0.669. The minimum Gasteiger partial charge on any atom is -0.492 e. The van der Waals surface area contributed by atoms with E-state index in [9.17, 15) is 4.79 Å². The number of hydrogen-bond acceptors (Lipinski definition) is 3. The van der Waals surface area contributed by atoms with Crippen molar-refractivity contribution < 1.29 is 9.53 Å². The first-order chi connectivity index (χ1) is 11.6. The van der Waals surface area contributed by atoms with Gasteiger partial charge in [-0.25, -0.2) is 4.79 Å². The third-order valence-corrected chi connectivity index (χ3v) is 4.94. The molecule has 0 atom stereocenters. The molecule has 1 aromatic rings. The van der Waals surface area contributed by atoms with Crippen molar-refractivity contribution in [3.05, 3.63) is 29.3 Å². The van der Waals surface area contributed by atoms with Gasteiger partial charge in [0.25, 0.3) is 0 Å². The standard InChI is InChI=1S/C19H30ClN3O2/c1-18(2)12-14(21)13-19(3,4)23(18)17(24)22-10-7-11-25-16-9-6-5-8-15(16)20/h5-6,8-9,14H,7,10-13,21H2,1-4H3,(H,22,24). The number of nitrogens with zero attached hydrogens (tertiary/aromatic N) is 1. The first-order valence-electron chi connectivity index (χ1n) is 8.84. The molecular weight excluding hydrogens is 338 g/mol. The van der Waals surface area contributed by atoms with Crippen molar-refractivity contribution in [2.75, 3.05) is 13.2 Å². The van der Waals surface area contributed by atoms with Gasteiger partial charge in [-0.2, -0.15) is 0 Å². The van der Waals surface area contributed by atoms with E-state index in [-0.39, 0.29) is 23.2 Å². The number of hydrogen-bond donors (Lipinski definition) is 2. The van der Waals surface area contributed by atoms with E-state index >= 15 is 0 Å². The fourth-order valence-corrected chi connectivity index (χ4v) is 4.19. The molecule has 0 radical (unpaired) electrons. The fraction of sp³-hybridized carbons (Fsp3) is 0.632. The Morgan fingerprint density at radius 2 is 1.88 bits per heavy atom. The van der Waals surface area contributed by atoms with Crippen LogP contribution in [-0.4, -0.2) is 41.2 Å². The molecule has 0 unspecified atom stereocenters.